The Morgan fingerprint density at radius 1 is 1.30 bits per heavy atom. The highest BCUT2D eigenvalue weighted by Crippen LogP contribution is 2.21. The topological polar surface area (TPSA) is 42.0 Å². The molecule has 0 spiro atoms. The molecule has 2 rings (SSSR count). The normalized spacial score (nSPS) is 10.5. The molecule has 0 bridgehead atoms. The van der Waals surface area contributed by atoms with Gasteiger partial charge in [0.25, 0.3) is 0 Å². The summed E-state index contributed by atoms with van der Waals surface area (Å²) in [5.41, 5.74) is 2.29. The molecule has 106 valence electrons. The van der Waals surface area contributed by atoms with Crippen molar-refractivity contribution in [2.45, 2.75) is 26.0 Å². The Labute approximate surface area is 127 Å². The quantitative estimate of drug-likeness (QED) is 0.820. The van der Waals surface area contributed by atoms with Crippen molar-refractivity contribution in [2.24, 2.45) is 0 Å². The predicted octanol–water partition coefficient (Wildman–Crippen LogP) is 4.02. The number of anilines is 1. The number of aromatic nitrogens is 1. The van der Waals surface area contributed by atoms with E-state index >= 15 is 0 Å². The molecule has 0 fully saturated rings. The number of benzene rings is 1. The molecule has 1 aromatic heterocycles. The van der Waals surface area contributed by atoms with Crippen molar-refractivity contribution >= 4 is 34.1 Å². The first-order valence-corrected chi connectivity index (χ1v) is 8.48. The summed E-state index contributed by atoms with van der Waals surface area (Å²) in [6, 6.07) is 10.3. The van der Waals surface area contributed by atoms with Crippen LogP contribution >= 0.6 is 23.1 Å². The smallest absolute Gasteiger partial charge is 0.226 e. The Hall–Kier alpha value is -1.33. The maximum Gasteiger partial charge on any atom is 0.226 e. The fourth-order valence-corrected chi connectivity index (χ4v) is 3.37. The molecule has 0 aliphatic heterocycles. The van der Waals surface area contributed by atoms with E-state index in [-0.39, 0.29) is 5.91 Å². The van der Waals surface area contributed by atoms with E-state index < -0.39 is 0 Å². The minimum Gasteiger partial charge on any atom is -0.302 e. The van der Waals surface area contributed by atoms with E-state index in [1.54, 1.807) is 11.8 Å². The lowest BCUT2D eigenvalue weighted by Crippen LogP contribution is -2.12. The summed E-state index contributed by atoms with van der Waals surface area (Å²) in [6.07, 6.45) is 0.523. The molecular weight excluding hydrogens is 288 g/mol. The zero-order chi connectivity index (χ0) is 14.4. The molecule has 1 amide bonds. The Morgan fingerprint density at radius 3 is 2.70 bits per heavy atom. The van der Waals surface area contributed by atoms with Gasteiger partial charge in [0.2, 0.25) is 5.91 Å². The molecule has 0 radical (unpaired) electrons. The summed E-state index contributed by atoms with van der Waals surface area (Å²) in [6.45, 7) is 3.97. The Balaban J connectivity index is 1.68. The third-order valence-corrected chi connectivity index (χ3v) is 4.88. The van der Waals surface area contributed by atoms with Gasteiger partial charge < -0.3 is 5.32 Å². The molecule has 5 heteroatoms. The third kappa shape index (κ3) is 4.65. The van der Waals surface area contributed by atoms with Gasteiger partial charge in [-0.05, 0) is 19.4 Å². The summed E-state index contributed by atoms with van der Waals surface area (Å²) < 4.78 is 0. The van der Waals surface area contributed by atoms with E-state index in [1.807, 2.05) is 32.0 Å². The number of thiazole rings is 1. The SMILES string of the molecule is Cc1nc(NC(=O)CCSCc2ccccc2)sc1C. The lowest BCUT2D eigenvalue weighted by Gasteiger charge is -2.02. The summed E-state index contributed by atoms with van der Waals surface area (Å²) in [5.74, 6) is 1.81. The highest BCUT2D eigenvalue weighted by molar-refractivity contribution is 7.98. The van der Waals surface area contributed by atoms with Crippen molar-refractivity contribution in [2.75, 3.05) is 11.1 Å². The van der Waals surface area contributed by atoms with Gasteiger partial charge in [0.15, 0.2) is 5.13 Å². The van der Waals surface area contributed by atoms with Crippen LogP contribution in [0.4, 0.5) is 5.13 Å². The van der Waals surface area contributed by atoms with Crippen molar-refractivity contribution in [1.29, 1.82) is 0 Å². The van der Waals surface area contributed by atoms with E-state index in [0.29, 0.717) is 11.6 Å². The van der Waals surface area contributed by atoms with E-state index in [2.05, 4.69) is 22.4 Å². The number of nitrogens with zero attached hydrogens (tertiary/aromatic N) is 1. The van der Waals surface area contributed by atoms with Gasteiger partial charge >= 0.3 is 0 Å². The number of nitrogens with one attached hydrogen (secondary N) is 1. The second-order valence-electron chi connectivity index (χ2n) is 4.50. The first-order chi connectivity index (χ1) is 9.65. The molecule has 0 saturated carbocycles. The highest BCUT2D eigenvalue weighted by atomic mass is 32.2. The van der Waals surface area contributed by atoms with E-state index in [4.69, 9.17) is 0 Å². The standard InChI is InChI=1S/C15H18N2OS2/c1-11-12(2)20-15(16-11)17-14(18)8-9-19-10-13-6-4-3-5-7-13/h3-7H,8-10H2,1-2H3,(H,16,17,18). The predicted molar refractivity (Wildman–Crippen MR) is 87.4 cm³/mol. The first-order valence-electron chi connectivity index (χ1n) is 6.50. The van der Waals surface area contributed by atoms with Gasteiger partial charge in [0.1, 0.15) is 0 Å². The lowest BCUT2D eigenvalue weighted by molar-refractivity contribution is -0.115. The van der Waals surface area contributed by atoms with Crippen LogP contribution in [0.25, 0.3) is 0 Å². The van der Waals surface area contributed by atoms with E-state index in [9.17, 15) is 4.79 Å². The van der Waals surface area contributed by atoms with Crippen LogP contribution in [0.5, 0.6) is 0 Å². The number of hydrogen-bond donors (Lipinski definition) is 1. The molecule has 20 heavy (non-hydrogen) atoms. The molecular formula is C15H18N2OS2. The fraction of sp³-hybridized carbons (Fsp3) is 0.333. The van der Waals surface area contributed by atoms with Crippen LogP contribution in [-0.4, -0.2) is 16.6 Å². The Morgan fingerprint density at radius 2 is 2.05 bits per heavy atom. The van der Waals surface area contributed by atoms with E-state index in [0.717, 1.165) is 22.1 Å². The maximum atomic E-state index is 11.8. The average Bonchev–Trinajstić information content (AvgIpc) is 2.74. The molecule has 2 aromatic rings. The van der Waals surface area contributed by atoms with Gasteiger partial charge in [-0.3, -0.25) is 4.79 Å². The van der Waals surface area contributed by atoms with Crippen molar-refractivity contribution in [3.05, 3.63) is 46.5 Å². The molecule has 0 atom stereocenters. The van der Waals surface area contributed by atoms with Crippen molar-refractivity contribution in [3.8, 4) is 0 Å². The molecule has 1 aromatic carbocycles. The molecule has 0 saturated heterocycles. The van der Waals surface area contributed by atoms with Crippen molar-refractivity contribution in [3.63, 3.8) is 0 Å². The number of carbonyl (C=O) groups excluding carboxylic acids is 1. The molecule has 0 unspecified atom stereocenters. The molecule has 1 heterocycles. The Bertz CT molecular complexity index is 547. The molecule has 3 nitrogen and oxygen atoms in total. The van der Waals surface area contributed by atoms with Crippen LogP contribution < -0.4 is 5.32 Å². The number of hydrogen-bond acceptors (Lipinski definition) is 4. The minimum absolute atomic E-state index is 0.0410. The number of rotatable bonds is 6. The summed E-state index contributed by atoms with van der Waals surface area (Å²) >= 11 is 3.30. The summed E-state index contributed by atoms with van der Waals surface area (Å²) in [4.78, 5) is 17.2. The second-order valence-corrected chi connectivity index (χ2v) is 6.81. The number of carbonyl (C=O) groups is 1. The monoisotopic (exact) mass is 306 g/mol. The molecule has 0 aliphatic carbocycles. The fourth-order valence-electron chi connectivity index (χ4n) is 1.64. The second kappa shape index (κ2) is 7.45. The van der Waals surface area contributed by atoms with Gasteiger partial charge in [-0.25, -0.2) is 4.98 Å². The minimum atomic E-state index is 0.0410. The van der Waals surface area contributed by atoms with Crippen LogP contribution in [0.15, 0.2) is 30.3 Å². The highest BCUT2D eigenvalue weighted by Gasteiger charge is 2.07. The maximum absolute atomic E-state index is 11.8. The summed E-state index contributed by atoms with van der Waals surface area (Å²) in [5, 5.41) is 3.56. The molecule has 1 N–H and O–H groups in total. The number of amides is 1. The van der Waals surface area contributed by atoms with Crippen molar-refractivity contribution < 1.29 is 4.79 Å². The van der Waals surface area contributed by atoms with Gasteiger partial charge in [-0.1, -0.05) is 30.3 Å². The average molecular weight is 306 g/mol. The Kier molecular flexibility index (Phi) is 5.61. The van der Waals surface area contributed by atoms with Crippen molar-refractivity contribution in [1.82, 2.24) is 4.98 Å². The number of thioether (sulfide) groups is 1. The molecule has 0 aliphatic rings. The van der Waals surface area contributed by atoms with Crippen LogP contribution in [0.2, 0.25) is 0 Å². The van der Waals surface area contributed by atoms with Gasteiger partial charge in [0, 0.05) is 22.8 Å². The van der Waals surface area contributed by atoms with Gasteiger partial charge in [-0.2, -0.15) is 11.8 Å². The third-order valence-electron chi connectivity index (χ3n) is 2.86. The van der Waals surface area contributed by atoms with Gasteiger partial charge in [-0.15, -0.1) is 11.3 Å². The zero-order valence-corrected chi connectivity index (χ0v) is 13.3. The van der Waals surface area contributed by atoms with Crippen LogP contribution in [-0.2, 0) is 10.5 Å². The lowest BCUT2D eigenvalue weighted by atomic mass is 10.2. The first kappa shape index (κ1) is 15.1. The summed E-state index contributed by atoms with van der Waals surface area (Å²) in [7, 11) is 0. The largest absolute Gasteiger partial charge is 0.302 e. The van der Waals surface area contributed by atoms with Gasteiger partial charge in [0.05, 0.1) is 5.69 Å². The zero-order valence-electron chi connectivity index (χ0n) is 11.7. The van der Waals surface area contributed by atoms with Crippen LogP contribution in [0.1, 0.15) is 22.6 Å². The van der Waals surface area contributed by atoms with E-state index in [1.165, 1.54) is 16.9 Å². The van der Waals surface area contributed by atoms with Crippen LogP contribution in [0, 0.1) is 13.8 Å². The number of aryl methyl sites for hydroxylation is 2. The van der Waals surface area contributed by atoms with Crippen LogP contribution in [0.3, 0.4) is 0 Å².